The van der Waals surface area contributed by atoms with Gasteiger partial charge in [-0.25, -0.2) is 0 Å². The number of nitrogens with zero attached hydrogens (tertiary/aromatic N) is 1. The van der Waals surface area contributed by atoms with Crippen molar-refractivity contribution in [3.8, 4) is 0 Å². The minimum atomic E-state index is -0.170. The molecule has 1 aromatic heterocycles. The number of benzene rings is 3. The van der Waals surface area contributed by atoms with Gasteiger partial charge in [0.2, 0.25) is 5.69 Å². The van der Waals surface area contributed by atoms with Crippen molar-refractivity contribution >= 4 is 11.7 Å². The third-order valence-corrected chi connectivity index (χ3v) is 4.84. The van der Waals surface area contributed by atoms with E-state index in [1.807, 2.05) is 97.2 Å². The van der Waals surface area contributed by atoms with Crippen LogP contribution in [0.1, 0.15) is 37.5 Å². The number of aromatic nitrogens is 1. The Labute approximate surface area is 175 Å². The lowest BCUT2D eigenvalue weighted by Gasteiger charge is -2.06. The molecule has 1 amide bonds. The fraction of sp³-hybridized carbons (Fsp3) is 0.0385. The molecule has 4 heteroatoms. The van der Waals surface area contributed by atoms with Gasteiger partial charge >= 0.3 is 5.91 Å². The van der Waals surface area contributed by atoms with Gasteiger partial charge in [-0.15, -0.1) is 5.43 Å². The van der Waals surface area contributed by atoms with E-state index in [1.54, 1.807) is 16.8 Å². The Morgan fingerprint density at radius 3 is 1.87 bits per heavy atom. The summed E-state index contributed by atoms with van der Waals surface area (Å²) in [7, 11) is 0. The molecule has 0 saturated carbocycles. The number of nitrogens with one attached hydrogen (secondary N) is 1. The number of hydrogen-bond donors (Lipinski definition) is 1. The Hall–Kier alpha value is -4.05. The topological polar surface area (TPSA) is 50.1 Å². The van der Waals surface area contributed by atoms with Crippen molar-refractivity contribution in [3.63, 3.8) is 0 Å². The third-order valence-electron chi connectivity index (χ3n) is 4.84. The maximum absolute atomic E-state index is 12.6. The van der Waals surface area contributed by atoms with Gasteiger partial charge in [-0.1, -0.05) is 77.5 Å². The monoisotopic (exact) mass is 393 g/mol. The van der Waals surface area contributed by atoms with Crippen LogP contribution in [0.15, 0.2) is 109 Å². The highest BCUT2D eigenvalue weighted by Crippen LogP contribution is 2.13. The average Bonchev–Trinajstić information content (AvgIpc) is 2.81. The normalized spacial score (nSPS) is 10.4. The summed E-state index contributed by atoms with van der Waals surface area (Å²) in [6.45, 7) is 0. The standard InChI is InChI=1S/C26H20N2O2/c29-25(21-9-3-1-4-10-21)22-16-14-20(15-17-22)19-24-13-7-8-18-28(24)27-26(30)23-11-5-2-6-12-23/h1-18H,19H2/p+1. The van der Waals surface area contributed by atoms with Crippen LogP contribution in [0.25, 0.3) is 0 Å². The summed E-state index contributed by atoms with van der Waals surface area (Å²) >= 11 is 0. The molecule has 0 aliphatic rings. The van der Waals surface area contributed by atoms with Crippen LogP contribution in [0.2, 0.25) is 0 Å². The molecule has 0 aliphatic heterocycles. The van der Waals surface area contributed by atoms with Crippen molar-refractivity contribution in [2.24, 2.45) is 0 Å². The number of pyridine rings is 1. The van der Waals surface area contributed by atoms with Crippen molar-refractivity contribution in [2.75, 3.05) is 5.43 Å². The van der Waals surface area contributed by atoms with E-state index >= 15 is 0 Å². The van der Waals surface area contributed by atoms with Crippen molar-refractivity contribution in [3.05, 3.63) is 137 Å². The van der Waals surface area contributed by atoms with Gasteiger partial charge in [0.15, 0.2) is 12.0 Å². The molecule has 4 nitrogen and oxygen atoms in total. The maximum atomic E-state index is 12.6. The molecule has 0 aliphatic carbocycles. The lowest BCUT2D eigenvalue weighted by molar-refractivity contribution is -0.649. The van der Waals surface area contributed by atoms with E-state index in [9.17, 15) is 9.59 Å². The number of hydrogen-bond acceptors (Lipinski definition) is 2. The van der Waals surface area contributed by atoms with E-state index < -0.39 is 0 Å². The zero-order valence-corrected chi connectivity index (χ0v) is 16.4. The van der Waals surface area contributed by atoms with E-state index in [2.05, 4.69) is 5.43 Å². The number of carbonyl (C=O) groups excluding carboxylic acids is 2. The Bertz CT molecular complexity index is 1150. The summed E-state index contributed by atoms with van der Waals surface area (Å²) in [5, 5.41) is 0. The Morgan fingerprint density at radius 1 is 0.633 bits per heavy atom. The van der Waals surface area contributed by atoms with Crippen molar-refractivity contribution in [2.45, 2.75) is 6.42 Å². The predicted molar refractivity (Wildman–Crippen MR) is 116 cm³/mol. The van der Waals surface area contributed by atoms with Crippen LogP contribution < -0.4 is 10.1 Å². The molecule has 1 heterocycles. The molecule has 146 valence electrons. The second-order valence-electron chi connectivity index (χ2n) is 6.94. The van der Waals surface area contributed by atoms with Crippen molar-refractivity contribution in [1.82, 2.24) is 0 Å². The van der Waals surface area contributed by atoms with Gasteiger partial charge in [-0.3, -0.25) is 9.59 Å². The van der Waals surface area contributed by atoms with Crippen LogP contribution in [-0.2, 0) is 6.42 Å². The fourth-order valence-electron chi connectivity index (χ4n) is 3.23. The number of ketones is 1. The van der Waals surface area contributed by atoms with Crippen LogP contribution in [0.3, 0.4) is 0 Å². The molecule has 0 atom stereocenters. The molecular formula is C26H21N2O2+. The second kappa shape index (κ2) is 8.97. The molecule has 3 aromatic carbocycles. The SMILES string of the molecule is O=C(N[n+]1ccccc1Cc1ccc(C(=O)c2ccccc2)cc1)c1ccccc1. The van der Waals surface area contributed by atoms with Crippen LogP contribution >= 0.6 is 0 Å². The summed E-state index contributed by atoms with van der Waals surface area (Å²) in [4.78, 5) is 25.1. The van der Waals surface area contributed by atoms with Crippen LogP contribution in [-0.4, -0.2) is 11.7 Å². The second-order valence-corrected chi connectivity index (χ2v) is 6.94. The van der Waals surface area contributed by atoms with Crippen molar-refractivity contribution in [1.29, 1.82) is 0 Å². The van der Waals surface area contributed by atoms with Crippen molar-refractivity contribution < 1.29 is 14.3 Å². The highest BCUT2D eigenvalue weighted by atomic mass is 16.2. The molecule has 0 radical (unpaired) electrons. The summed E-state index contributed by atoms with van der Waals surface area (Å²) < 4.78 is 1.73. The zero-order chi connectivity index (χ0) is 20.8. The summed E-state index contributed by atoms with van der Waals surface area (Å²) in [5.74, 6) is -0.163. The van der Waals surface area contributed by atoms with E-state index in [4.69, 9.17) is 0 Å². The first-order valence-corrected chi connectivity index (χ1v) is 9.75. The molecule has 1 N–H and O–H groups in total. The van der Waals surface area contributed by atoms with Gasteiger partial charge in [-0.2, -0.15) is 0 Å². The Morgan fingerprint density at radius 2 is 1.20 bits per heavy atom. The maximum Gasteiger partial charge on any atom is 0.305 e. The molecule has 0 spiro atoms. The fourth-order valence-corrected chi connectivity index (χ4v) is 3.23. The summed E-state index contributed by atoms with van der Waals surface area (Å²) in [6, 6.07) is 31.7. The summed E-state index contributed by atoms with van der Waals surface area (Å²) in [6.07, 6.45) is 2.44. The molecule has 4 aromatic rings. The molecule has 0 fully saturated rings. The highest BCUT2D eigenvalue weighted by molar-refractivity contribution is 6.08. The van der Waals surface area contributed by atoms with E-state index in [1.165, 1.54) is 0 Å². The van der Waals surface area contributed by atoms with Gasteiger partial charge < -0.3 is 0 Å². The lowest BCUT2D eigenvalue weighted by atomic mass is 10.0. The van der Waals surface area contributed by atoms with Gasteiger partial charge in [0.05, 0.1) is 6.42 Å². The van der Waals surface area contributed by atoms with Crippen LogP contribution in [0, 0.1) is 0 Å². The number of carbonyl (C=O) groups is 2. The number of amides is 1. The van der Waals surface area contributed by atoms with Gasteiger partial charge in [0.25, 0.3) is 0 Å². The van der Waals surface area contributed by atoms with Gasteiger partial charge in [0, 0.05) is 28.8 Å². The molecule has 4 rings (SSSR count). The molecular weight excluding hydrogens is 372 g/mol. The van der Waals surface area contributed by atoms with Crippen LogP contribution in [0.4, 0.5) is 0 Å². The predicted octanol–water partition coefficient (Wildman–Crippen LogP) is 4.18. The highest BCUT2D eigenvalue weighted by Gasteiger charge is 2.16. The molecule has 0 saturated heterocycles. The lowest BCUT2D eigenvalue weighted by Crippen LogP contribution is -2.51. The smallest absolute Gasteiger partial charge is 0.289 e. The van der Waals surface area contributed by atoms with E-state index in [0.717, 1.165) is 11.3 Å². The minimum Gasteiger partial charge on any atom is -0.289 e. The van der Waals surface area contributed by atoms with Gasteiger partial charge in [-0.05, 0) is 23.8 Å². The quantitative estimate of drug-likeness (QED) is 0.395. The third kappa shape index (κ3) is 4.50. The largest absolute Gasteiger partial charge is 0.305 e. The van der Waals surface area contributed by atoms with Crippen LogP contribution in [0.5, 0.6) is 0 Å². The molecule has 30 heavy (non-hydrogen) atoms. The zero-order valence-electron chi connectivity index (χ0n) is 16.4. The Kier molecular flexibility index (Phi) is 5.76. The number of rotatable bonds is 6. The molecule has 0 unspecified atom stereocenters. The van der Waals surface area contributed by atoms with E-state index in [-0.39, 0.29) is 11.7 Å². The first kappa shape index (κ1) is 19.3. The summed E-state index contributed by atoms with van der Waals surface area (Å²) in [5.41, 5.74) is 6.84. The first-order valence-electron chi connectivity index (χ1n) is 9.75. The van der Waals surface area contributed by atoms with Gasteiger partial charge in [0.1, 0.15) is 0 Å². The average molecular weight is 393 g/mol. The Balaban J connectivity index is 1.50. The van der Waals surface area contributed by atoms with E-state index in [0.29, 0.717) is 23.1 Å². The minimum absolute atomic E-state index is 0.00653. The first-order chi connectivity index (χ1) is 14.7. The molecule has 0 bridgehead atoms.